The molecule has 0 spiro atoms. The molecule has 1 saturated heterocycles. The lowest BCUT2D eigenvalue weighted by atomic mass is 9.95. The third-order valence-corrected chi connectivity index (χ3v) is 3.86. The second-order valence-electron chi connectivity index (χ2n) is 6.79. The molecular weight excluding hydrogens is 365 g/mol. The Kier molecular flexibility index (Phi) is 6.02. The third kappa shape index (κ3) is 5.25. The van der Waals surface area contributed by atoms with Gasteiger partial charge in [-0.05, 0) is 24.3 Å². The van der Waals surface area contributed by atoms with Crippen molar-refractivity contribution >= 4 is 17.3 Å². The van der Waals surface area contributed by atoms with Gasteiger partial charge in [-0.25, -0.2) is 4.39 Å². The Hall–Kier alpha value is -2.00. The summed E-state index contributed by atoms with van der Waals surface area (Å²) in [6.45, 7) is 4.04. The van der Waals surface area contributed by atoms with Gasteiger partial charge in [0, 0.05) is 21.7 Å². The highest BCUT2D eigenvalue weighted by Gasteiger charge is 2.40. The zero-order valence-electron chi connectivity index (χ0n) is 14.6. The molecule has 0 atom stereocenters. The van der Waals surface area contributed by atoms with Crippen LogP contribution in [0, 0.1) is 11.2 Å². The standard InChI is InChI=1S/C17H23ClFN3O4/c1-16(2)7-25-17(23,26-8-16)9-24-15(22)14(21)6-13(20)11-5-10(18)3-4-12(11)19/h3-6,23H,7-9,20-22H2,1-2H3/b13-6-,15-14-. The minimum atomic E-state index is -1.92. The number of allylic oxidation sites excluding steroid dienone is 1. The van der Waals surface area contributed by atoms with Crippen molar-refractivity contribution in [1.82, 2.24) is 0 Å². The lowest BCUT2D eigenvalue weighted by molar-refractivity contribution is -0.410. The zero-order valence-corrected chi connectivity index (χ0v) is 15.3. The Morgan fingerprint density at radius 1 is 1.31 bits per heavy atom. The molecule has 9 heteroatoms. The van der Waals surface area contributed by atoms with Crippen molar-refractivity contribution in [2.24, 2.45) is 22.6 Å². The van der Waals surface area contributed by atoms with E-state index in [0.717, 1.165) is 0 Å². The van der Waals surface area contributed by atoms with Crippen LogP contribution in [0.5, 0.6) is 0 Å². The van der Waals surface area contributed by atoms with Crippen molar-refractivity contribution in [3.05, 3.63) is 52.3 Å². The average molecular weight is 388 g/mol. The maximum absolute atomic E-state index is 13.8. The van der Waals surface area contributed by atoms with Gasteiger partial charge in [0.1, 0.15) is 5.82 Å². The minimum Gasteiger partial charge on any atom is -0.469 e. The van der Waals surface area contributed by atoms with Crippen molar-refractivity contribution in [2.75, 3.05) is 19.8 Å². The van der Waals surface area contributed by atoms with Gasteiger partial charge in [-0.3, -0.25) is 0 Å². The summed E-state index contributed by atoms with van der Waals surface area (Å²) in [6, 6.07) is 3.95. The molecule has 0 saturated carbocycles. The van der Waals surface area contributed by atoms with Gasteiger partial charge in [-0.1, -0.05) is 25.4 Å². The molecule has 1 heterocycles. The van der Waals surface area contributed by atoms with Crippen LogP contribution >= 0.6 is 11.6 Å². The summed E-state index contributed by atoms with van der Waals surface area (Å²) in [5, 5.41) is 10.5. The van der Waals surface area contributed by atoms with Crippen molar-refractivity contribution in [3.63, 3.8) is 0 Å². The van der Waals surface area contributed by atoms with E-state index in [2.05, 4.69) is 0 Å². The topological polar surface area (TPSA) is 126 Å². The summed E-state index contributed by atoms with van der Waals surface area (Å²) in [5.74, 6) is -2.70. The fraction of sp³-hybridized carbons (Fsp3) is 0.412. The number of hydrogen-bond acceptors (Lipinski definition) is 7. The molecule has 7 nitrogen and oxygen atoms in total. The number of nitrogens with two attached hydrogens (primary N) is 3. The number of benzene rings is 1. The van der Waals surface area contributed by atoms with Gasteiger partial charge in [-0.15, -0.1) is 0 Å². The molecule has 0 bridgehead atoms. The Balaban J connectivity index is 2.06. The van der Waals surface area contributed by atoms with Crippen LogP contribution in [0.15, 0.2) is 35.9 Å². The Bertz CT molecular complexity index is 727. The van der Waals surface area contributed by atoms with Crippen LogP contribution in [-0.2, 0) is 14.2 Å². The summed E-state index contributed by atoms with van der Waals surface area (Å²) in [4.78, 5) is 0. The second kappa shape index (κ2) is 7.71. The Morgan fingerprint density at radius 2 is 1.92 bits per heavy atom. The first-order valence-electron chi connectivity index (χ1n) is 7.82. The molecule has 0 aromatic heterocycles. The van der Waals surface area contributed by atoms with E-state index in [4.69, 9.17) is 43.0 Å². The number of halogens is 2. The molecule has 1 fully saturated rings. The Morgan fingerprint density at radius 3 is 2.54 bits per heavy atom. The highest BCUT2D eigenvalue weighted by Crippen LogP contribution is 2.28. The second-order valence-corrected chi connectivity index (χ2v) is 7.22. The van der Waals surface area contributed by atoms with Gasteiger partial charge in [0.2, 0.25) is 5.88 Å². The average Bonchev–Trinajstić information content (AvgIpc) is 2.58. The summed E-state index contributed by atoms with van der Waals surface area (Å²) >= 11 is 5.83. The predicted octanol–water partition coefficient (Wildman–Crippen LogP) is 1.60. The lowest BCUT2D eigenvalue weighted by Gasteiger charge is -2.39. The Labute approximate surface area is 156 Å². The van der Waals surface area contributed by atoms with Crippen molar-refractivity contribution < 1.29 is 23.7 Å². The van der Waals surface area contributed by atoms with Crippen LogP contribution in [0.1, 0.15) is 19.4 Å². The van der Waals surface area contributed by atoms with E-state index in [1.807, 2.05) is 13.8 Å². The SMILES string of the molecule is CC1(C)COC(O)(CO/C(N)=C(N)/C=C(\N)c2cc(Cl)ccc2F)OC1. The molecule has 1 aromatic rings. The van der Waals surface area contributed by atoms with E-state index < -0.39 is 18.4 Å². The van der Waals surface area contributed by atoms with Gasteiger partial charge in [-0.2, -0.15) is 0 Å². The normalized spacial score (nSPS) is 20.4. The van der Waals surface area contributed by atoms with E-state index in [1.165, 1.54) is 24.3 Å². The summed E-state index contributed by atoms with van der Waals surface area (Å²) in [7, 11) is 0. The molecule has 0 radical (unpaired) electrons. The fourth-order valence-electron chi connectivity index (χ4n) is 2.07. The van der Waals surface area contributed by atoms with Gasteiger partial charge in [0.25, 0.3) is 0 Å². The van der Waals surface area contributed by atoms with E-state index in [1.54, 1.807) is 0 Å². The molecule has 0 amide bonds. The van der Waals surface area contributed by atoms with Crippen LogP contribution in [-0.4, -0.2) is 30.9 Å². The first-order valence-corrected chi connectivity index (χ1v) is 8.20. The van der Waals surface area contributed by atoms with E-state index in [-0.39, 0.29) is 41.5 Å². The largest absolute Gasteiger partial charge is 0.469 e. The van der Waals surface area contributed by atoms with E-state index in [9.17, 15) is 9.50 Å². The molecule has 1 aromatic carbocycles. The fourth-order valence-corrected chi connectivity index (χ4v) is 2.24. The smallest absolute Gasteiger partial charge is 0.316 e. The van der Waals surface area contributed by atoms with Gasteiger partial charge in [0.15, 0.2) is 6.61 Å². The van der Waals surface area contributed by atoms with Crippen LogP contribution in [0.4, 0.5) is 4.39 Å². The minimum absolute atomic E-state index is 0.0136. The number of ether oxygens (including phenoxy) is 3. The molecule has 0 aliphatic carbocycles. The highest BCUT2D eigenvalue weighted by molar-refractivity contribution is 6.30. The molecule has 7 N–H and O–H groups in total. The van der Waals surface area contributed by atoms with Crippen molar-refractivity contribution in [3.8, 4) is 0 Å². The first-order chi connectivity index (χ1) is 12.0. The maximum Gasteiger partial charge on any atom is 0.316 e. The predicted molar refractivity (Wildman–Crippen MR) is 95.6 cm³/mol. The van der Waals surface area contributed by atoms with Crippen LogP contribution < -0.4 is 17.2 Å². The molecule has 2 rings (SSSR count). The monoisotopic (exact) mass is 387 g/mol. The van der Waals surface area contributed by atoms with Crippen LogP contribution in [0.3, 0.4) is 0 Å². The molecule has 1 aliphatic heterocycles. The van der Waals surface area contributed by atoms with Crippen molar-refractivity contribution in [2.45, 2.75) is 19.8 Å². The summed E-state index contributed by atoms with van der Waals surface area (Å²) in [5.41, 5.74) is 17.2. The highest BCUT2D eigenvalue weighted by atomic mass is 35.5. The number of hydrogen-bond donors (Lipinski definition) is 4. The van der Waals surface area contributed by atoms with Crippen LogP contribution in [0.2, 0.25) is 5.02 Å². The van der Waals surface area contributed by atoms with Gasteiger partial charge in [0.05, 0.1) is 18.9 Å². The van der Waals surface area contributed by atoms with Gasteiger partial charge < -0.3 is 36.5 Å². The molecule has 0 unspecified atom stereocenters. The van der Waals surface area contributed by atoms with Crippen LogP contribution in [0.25, 0.3) is 5.70 Å². The number of aliphatic hydroxyl groups is 1. The summed E-state index contributed by atoms with van der Waals surface area (Å²) in [6.07, 6.45) is 1.24. The molecule has 144 valence electrons. The molecule has 1 aliphatic rings. The quantitative estimate of drug-likeness (QED) is 0.446. The van der Waals surface area contributed by atoms with Gasteiger partial charge >= 0.3 is 5.97 Å². The molecule has 26 heavy (non-hydrogen) atoms. The third-order valence-electron chi connectivity index (χ3n) is 3.62. The first kappa shape index (κ1) is 20.3. The maximum atomic E-state index is 13.8. The molecular formula is C17H23ClFN3O4. The lowest BCUT2D eigenvalue weighted by Crippen LogP contribution is -2.50. The van der Waals surface area contributed by atoms with E-state index in [0.29, 0.717) is 5.02 Å². The number of rotatable bonds is 5. The van der Waals surface area contributed by atoms with Crippen molar-refractivity contribution in [1.29, 1.82) is 0 Å². The zero-order chi connectivity index (χ0) is 19.5. The summed E-state index contributed by atoms with van der Waals surface area (Å²) < 4.78 is 29.6. The van der Waals surface area contributed by atoms with E-state index >= 15 is 0 Å².